The fourth-order valence-electron chi connectivity index (χ4n) is 2.89. The molecule has 0 aliphatic heterocycles. The van der Waals surface area contributed by atoms with Gasteiger partial charge in [-0.1, -0.05) is 0 Å². The molecule has 1 aromatic carbocycles. The molecule has 0 atom stereocenters. The van der Waals surface area contributed by atoms with E-state index < -0.39 is 0 Å². The standard InChI is InChI=1S/C15H21N3O/c16-12-5-11(6-13(17)7-12)15(19)18-8-14(9-1-2-9)10-3-4-10/h5-7,9-10,14H,1-4,8,16-17H2,(H,18,19). The predicted molar refractivity (Wildman–Crippen MR) is 76.5 cm³/mol. The summed E-state index contributed by atoms with van der Waals surface area (Å²) in [6.07, 6.45) is 5.34. The summed E-state index contributed by atoms with van der Waals surface area (Å²) in [5.74, 6) is 2.31. The summed E-state index contributed by atoms with van der Waals surface area (Å²) in [4.78, 5) is 12.1. The zero-order valence-corrected chi connectivity index (χ0v) is 11.1. The maximum Gasteiger partial charge on any atom is 0.251 e. The van der Waals surface area contributed by atoms with Crippen molar-refractivity contribution in [2.24, 2.45) is 17.8 Å². The molecule has 5 N–H and O–H groups in total. The molecular formula is C15H21N3O. The lowest BCUT2D eigenvalue weighted by Crippen LogP contribution is -2.31. The average Bonchev–Trinajstić information content (AvgIpc) is 3.22. The van der Waals surface area contributed by atoms with Crippen LogP contribution < -0.4 is 16.8 Å². The number of hydrogen-bond acceptors (Lipinski definition) is 3. The van der Waals surface area contributed by atoms with Gasteiger partial charge in [-0.3, -0.25) is 4.79 Å². The first-order valence-corrected chi connectivity index (χ1v) is 7.07. The molecule has 2 aliphatic carbocycles. The van der Waals surface area contributed by atoms with E-state index >= 15 is 0 Å². The number of carbonyl (C=O) groups excluding carboxylic acids is 1. The number of nitrogen functional groups attached to an aromatic ring is 2. The molecule has 1 aromatic rings. The number of nitrogens with two attached hydrogens (primary N) is 2. The van der Waals surface area contributed by atoms with Crippen molar-refractivity contribution in [1.29, 1.82) is 0 Å². The van der Waals surface area contributed by atoms with Crippen molar-refractivity contribution < 1.29 is 4.79 Å². The quantitative estimate of drug-likeness (QED) is 0.708. The van der Waals surface area contributed by atoms with Crippen LogP contribution in [-0.2, 0) is 0 Å². The summed E-state index contributed by atoms with van der Waals surface area (Å²) in [6, 6.07) is 5.01. The summed E-state index contributed by atoms with van der Waals surface area (Å²) in [7, 11) is 0. The summed E-state index contributed by atoms with van der Waals surface area (Å²) < 4.78 is 0. The Bertz CT molecular complexity index is 460. The topological polar surface area (TPSA) is 81.1 Å². The predicted octanol–water partition coefficient (Wildman–Crippen LogP) is 2.02. The SMILES string of the molecule is Nc1cc(N)cc(C(=O)NCC(C2CC2)C2CC2)c1. The number of hydrogen-bond donors (Lipinski definition) is 3. The summed E-state index contributed by atoms with van der Waals surface area (Å²) in [6.45, 7) is 0.795. The number of carbonyl (C=O) groups is 1. The van der Waals surface area contributed by atoms with Gasteiger partial charge in [0.1, 0.15) is 0 Å². The van der Waals surface area contributed by atoms with Crippen LogP contribution in [0.4, 0.5) is 11.4 Å². The molecule has 0 heterocycles. The molecule has 2 saturated carbocycles. The van der Waals surface area contributed by atoms with Crippen LogP contribution in [-0.4, -0.2) is 12.5 Å². The highest BCUT2D eigenvalue weighted by atomic mass is 16.1. The fraction of sp³-hybridized carbons (Fsp3) is 0.533. The van der Waals surface area contributed by atoms with Gasteiger partial charge in [0.05, 0.1) is 0 Å². The van der Waals surface area contributed by atoms with Gasteiger partial charge in [-0.2, -0.15) is 0 Å². The van der Waals surface area contributed by atoms with Gasteiger partial charge in [-0.05, 0) is 61.6 Å². The highest BCUT2D eigenvalue weighted by molar-refractivity contribution is 5.96. The maximum atomic E-state index is 12.1. The van der Waals surface area contributed by atoms with E-state index in [1.54, 1.807) is 18.2 Å². The zero-order chi connectivity index (χ0) is 13.4. The molecule has 2 aliphatic rings. The lowest BCUT2D eigenvalue weighted by atomic mass is 9.98. The lowest BCUT2D eigenvalue weighted by molar-refractivity contribution is 0.0943. The Kier molecular flexibility index (Phi) is 3.09. The zero-order valence-electron chi connectivity index (χ0n) is 11.1. The second kappa shape index (κ2) is 4.76. The largest absolute Gasteiger partial charge is 0.399 e. The van der Waals surface area contributed by atoms with Gasteiger partial charge in [-0.25, -0.2) is 0 Å². The maximum absolute atomic E-state index is 12.1. The molecule has 102 valence electrons. The molecule has 19 heavy (non-hydrogen) atoms. The molecule has 3 rings (SSSR count). The van der Waals surface area contributed by atoms with Gasteiger partial charge in [-0.15, -0.1) is 0 Å². The van der Waals surface area contributed by atoms with E-state index in [9.17, 15) is 4.79 Å². The third kappa shape index (κ3) is 3.00. The third-order valence-corrected chi connectivity index (χ3v) is 4.19. The Morgan fingerprint density at radius 3 is 2.11 bits per heavy atom. The van der Waals surface area contributed by atoms with Crippen molar-refractivity contribution in [2.75, 3.05) is 18.0 Å². The van der Waals surface area contributed by atoms with Gasteiger partial charge >= 0.3 is 0 Å². The third-order valence-electron chi connectivity index (χ3n) is 4.19. The first-order chi connectivity index (χ1) is 9.13. The molecule has 2 fully saturated rings. The molecule has 0 spiro atoms. The van der Waals surface area contributed by atoms with Crippen LogP contribution in [0.1, 0.15) is 36.0 Å². The fourth-order valence-corrected chi connectivity index (χ4v) is 2.89. The van der Waals surface area contributed by atoms with Crippen molar-refractivity contribution in [3.8, 4) is 0 Å². The van der Waals surface area contributed by atoms with E-state index in [1.807, 2.05) is 0 Å². The average molecular weight is 259 g/mol. The molecule has 4 nitrogen and oxygen atoms in total. The molecule has 1 amide bonds. The highest BCUT2D eigenvalue weighted by Crippen LogP contribution is 2.48. The van der Waals surface area contributed by atoms with Crippen molar-refractivity contribution in [1.82, 2.24) is 5.32 Å². The first kappa shape index (κ1) is 12.3. The van der Waals surface area contributed by atoms with Gasteiger partial charge in [0.25, 0.3) is 5.91 Å². The van der Waals surface area contributed by atoms with Crippen LogP contribution >= 0.6 is 0 Å². The number of anilines is 2. The smallest absolute Gasteiger partial charge is 0.251 e. The molecular weight excluding hydrogens is 238 g/mol. The van der Waals surface area contributed by atoms with E-state index in [0.29, 0.717) is 22.9 Å². The highest BCUT2D eigenvalue weighted by Gasteiger charge is 2.41. The van der Waals surface area contributed by atoms with Gasteiger partial charge in [0.15, 0.2) is 0 Å². The van der Waals surface area contributed by atoms with Crippen molar-refractivity contribution in [3.63, 3.8) is 0 Å². The summed E-state index contributed by atoms with van der Waals surface area (Å²) in [5.41, 5.74) is 13.0. The van der Waals surface area contributed by atoms with E-state index in [0.717, 1.165) is 18.4 Å². The Balaban J connectivity index is 1.60. The number of rotatable bonds is 5. The molecule has 0 bridgehead atoms. The van der Waals surface area contributed by atoms with Crippen LogP contribution in [0.2, 0.25) is 0 Å². The van der Waals surface area contributed by atoms with E-state index in [4.69, 9.17) is 11.5 Å². The molecule has 0 unspecified atom stereocenters. The minimum atomic E-state index is -0.0645. The number of nitrogens with one attached hydrogen (secondary N) is 1. The van der Waals surface area contributed by atoms with Gasteiger partial charge in [0, 0.05) is 23.5 Å². The number of amides is 1. The normalized spacial score (nSPS) is 18.6. The molecule has 4 heteroatoms. The molecule has 0 saturated heterocycles. The Morgan fingerprint density at radius 1 is 1.11 bits per heavy atom. The minimum Gasteiger partial charge on any atom is -0.399 e. The number of benzene rings is 1. The van der Waals surface area contributed by atoms with Gasteiger partial charge < -0.3 is 16.8 Å². The Hall–Kier alpha value is -1.71. The van der Waals surface area contributed by atoms with Crippen LogP contribution in [0.15, 0.2) is 18.2 Å². The van der Waals surface area contributed by atoms with Crippen molar-refractivity contribution >= 4 is 17.3 Å². The molecule has 0 radical (unpaired) electrons. The Labute approximate surface area is 113 Å². The monoisotopic (exact) mass is 259 g/mol. The second-order valence-electron chi connectivity index (χ2n) is 5.94. The minimum absolute atomic E-state index is 0.0645. The van der Waals surface area contributed by atoms with E-state index in [1.165, 1.54) is 25.7 Å². The summed E-state index contributed by atoms with van der Waals surface area (Å²) in [5, 5.41) is 3.05. The van der Waals surface area contributed by atoms with E-state index in [2.05, 4.69) is 5.32 Å². The van der Waals surface area contributed by atoms with Crippen LogP contribution in [0.3, 0.4) is 0 Å². The van der Waals surface area contributed by atoms with E-state index in [-0.39, 0.29) is 5.91 Å². The van der Waals surface area contributed by atoms with Crippen LogP contribution in [0.25, 0.3) is 0 Å². The molecule has 0 aromatic heterocycles. The van der Waals surface area contributed by atoms with Crippen molar-refractivity contribution in [3.05, 3.63) is 23.8 Å². The van der Waals surface area contributed by atoms with Gasteiger partial charge in [0.2, 0.25) is 0 Å². The van der Waals surface area contributed by atoms with Crippen LogP contribution in [0.5, 0.6) is 0 Å². The second-order valence-corrected chi connectivity index (χ2v) is 5.94. The first-order valence-electron chi connectivity index (χ1n) is 7.07. The Morgan fingerprint density at radius 2 is 1.63 bits per heavy atom. The summed E-state index contributed by atoms with van der Waals surface area (Å²) >= 11 is 0. The van der Waals surface area contributed by atoms with Crippen molar-refractivity contribution in [2.45, 2.75) is 25.7 Å². The lowest BCUT2D eigenvalue weighted by Gasteiger charge is -2.16. The van der Waals surface area contributed by atoms with Crippen LogP contribution in [0, 0.1) is 17.8 Å².